The van der Waals surface area contributed by atoms with Crippen molar-refractivity contribution in [3.63, 3.8) is 0 Å². The van der Waals surface area contributed by atoms with Gasteiger partial charge in [0.05, 0.1) is 31.5 Å². The monoisotopic (exact) mass is 716 g/mol. The van der Waals surface area contributed by atoms with E-state index in [4.69, 9.17) is 23.7 Å². The van der Waals surface area contributed by atoms with Gasteiger partial charge in [-0.3, -0.25) is 9.59 Å². The van der Waals surface area contributed by atoms with Gasteiger partial charge in [-0.2, -0.15) is 0 Å². The van der Waals surface area contributed by atoms with Crippen LogP contribution in [0.5, 0.6) is 5.75 Å². The van der Waals surface area contributed by atoms with Crippen LogP contribution in [-0.4, -0.2) is 77.3 Å². The normalized spacial score (nSPS) is 40.7. The molecule has 10 heteroatoms. The topological polar surface area (TPSA) is 138 Å². The van der Waals surface area contributed by atoms with Gasteiger partial charge >= 0.3 is 11.9 Å². The number of rotatable bonds is 6. The smallest absolute Gasteiger partial charge is 0.336 e. The first kappa shape index (κ1) is 36.8. The van der Waals surface area contributed by atoms with Crippen molar-refractivity contribution in [3.05, 3.63) is 76.9 Å². The van der Waals surface area contributed by atoms with E-state index in [1.165, 1.54) is 6.92 Å². The maximum atomic E-state index is 15.1. The largest absolute Gasteiger partial charge is 0.497 e. The van der Waals surface area contributed by atoms with Crippen LogP contribution in [0, 0.1) is 28.6 Å². The Morgan fingerprint density at radius 2 is 1.60 bits per heavy atom. The molecular weight excluding hydrogens is 664 g/mol. The van der Waals surface area contributed by atoms with Crippen LogP contribution in [0.3, 0.4) is 0 Å². The SMILES string of the molecule is COc1ccc([C@@H]2C[C@@H](c3ccccc3)C(C(=O)OC3CC4(O)C(C)C5[C@]6(O)COC6C[C@H](C)[C@@]5(C)C(=O)C(OC(C)=O)C(=C3C)C4(C)C)O2)cc1. The third-order valence-corrected chi connectivity index (χ3v) is 13.9. The molecule has 2 heterocycles. The summed E-state index contributed by atoms with van der Waals surface area (Å²) >= 11 is 0. The molecule has 0 spiro atoms. The van der Waals surface area contributed by atoms with Gasteiger partial charge in [0, 0.05) is 36.0 Å². The summed E-state index contributed by atoms with van der Waals surface area (Å²) in [5.74, 6) is -2.79. The third-order valence-electron chi connectivity index (χ3n) is 13.9. The average molecular weight is 717 g/mol. The van der Waals surface area contributed by atoms with Crippen LogP contribution >= 0.6 is 0 Å². The van der Waals surface area contributed by atoms with Crippen molar-refractivity contribution in [3.8, 4) is 5.75 Å². The maximum Gasteiger partial charge on any atom is 0.336 e. The second-order valence-electron chi connectivity index (χ2n) is 16.7. The summed E-state index contributed by atoms with van der Waals surface area (Å²) in [4.78, 5) is 42.3. The zero-order valence-corrected chi connectivity index (χ0v) is 31.4. The van der Waals surface area contributed by atoms with E-state index in [1.54, 1.807) is 14.0 Å². The Balaban J connectivity index is 1.30. The van der Waals surface area contributed by atoms with E-state index >= 15 is 4.79 Å². The minimum absolute atomic E-state index is 0.0103. The van der Waals surface area contributed by atoms with E-state index < -0.39 is 70.2 Å². The lowest BCUT2D eigenvalue weighted by Gasteiger charge is -2.68. The third kappa shape index (κ3) is 5.30. The molecule has 52 heavy (non-hydrogen) atoms. The molecule has 280 valence electrons. The summed E-state index contributed by atoms with van der Waals surface area (Å²) in [5, 5.41) is 25.4. The van der Waals surface area contributed by atoms with Gasteiger partial charge in [0.1, 0.15) is 17.5 Å². The second-order valence-corrected chi connectivity index (χ2v) is 16.7. The molecule has 0 radical (unpaired) electrons. The van der Waals surface area contributed by atoms with Crippen LogP contribution in [0.1, 0.15) is 90.9 Å². The Morgan fingerprint density at radius 1 is 0.923 bits per heavy atom. The highest BCUT2D eigenvalue weighted by Gasteiger charge is 2.74. The van der Waals surface area contributed by atoms with Crippen molar-refractivity contribution in [2.45, 2.75) is 115 Å². The van der Waals surface area contributed by atoms with Gasteiger partial charge in [-0.05, 0) is 66.0 Å². The molecule has 2 aromatic rings. The molecule has 2 bridgehead atoms. The van der Waals surface area contributed by atoms with Crippen molar-refractivity contribution in [1.82, 2.24) is 0 Å². The van der Waals surface area contributed by atoms with Crippen LogP contribution in [0.25, 0.3) is 0 Å². The number of fused-ring (bicyclic) bond motifs is 5. The molecule has 7 rings (SSSR count). The molecule has 7 unspecified atom stereocenters. The highest BCUT2D eigenvalue weighted by molar-refractivity contribution is 5.94. The summed E-state index contributed by atoms with van der Waals surface area (Å²) in [6.45, 7) is 12.5. The van der Waals surface area contributed by atoms with Crippen LogP contribution in [-0.2, 0) is 33.3 Å². The molecule has 3 aliphatic carbocycles. The Kier molecular flexibility index (Phi) is 9.04. The van der Waals surface area contributed by atoms with Gasteiger partial charge in [-0.1, -0.05) is 77.1 Å². The summed E-state index contributed by atoms with van der Waals surface area (Å²) in [7, 11) is 1.61. The van der Waals surface area contributed by atoms with Crippen LogP contribution in [0.15, 0.2) is 65.7 Å². The van der Waals surface area contributed by atoms with Gasteiger partial charge in [0.2, 0.25) is 0 Å². The van der Waals surface area contributed by atoms with Crippen molar-refractivity contribution < 1.29 is 48.3 Å². The lowest BCUT2D eigenvalue weighted by molar-refractivity contribution is -0.329. The molecule has 5 aliphatic rings. The number of carbonyl (C=O) groups is 3. The number of methoxy groups -OCH3 is 1. The number of carbonyl (C=O) groups excluding carboxylic acids is 3. The number of Topliss-reactive ketones (excluding diaryl/α,β-unsaturated/α-hetero) is 1. The average Bonchev–Trinajstić information content (AvgIpc) is 3.56. The molecular formula is C42H52O10. The number of hydrogen-bond acceptors (Lipinski definition) is 10. The van der Waals surface area contributed by atoms with E-state index in [-0.39, 0.29) is 36.8 Å². The van der Waals surface area contributed by atoms with Crippen LogP contribution in [0.4, 0.5) is 0 Å². The van der Waals surface area contributed by atoms with Crippen molar-refractivity contribution in [1.29, 1.82) is 0 Å². The minimum Gasteiger partial charge on any atom is -0.497 e. The van der Waals surface area contributed by atoms with Gasteiger partial charge < -0.3 is 33.9 Å². The molecule has 2 N–H and O–H groups in total. The quantitative estimate of drug-likeness (QED) is 0.286. The summed E-state index contributed by atoms with van der Waals surface area (Å²) in [6, 6.07) is 17.3. The van der Waals surface area contributed by atoms with Crippen molar-refractivity contribution in [2.24, 2.45) is 28.6 Å². The molecule has 0 aromatic heterocycles. The fourth-order valence-electron chi connectivity index (χ4n) is 10.8. The van der Waals surface area contributed by atoms with E-state index in [9.17, 15) is 19.8 Å². The van der Waals surface area contributed by atoms with Crippen molar-refractivity contribution in [2.75, 3.05) is 13.7 Å². The fourth-order valence-corrected chi connectivity index (χ4v) is 10.8. The number of esters is 2. The van der Waals surface area contributed by atoms with Gasteiger partial charge in [-0.25, -0.2) is 4.79 Å². The van der Waals surface area contributed by atoms with Gasteiger partial charge in [0.15, 0.2) is 18.0 Å². The summed E-state index contributed by atoms with van der Waals surface area (Å²) in [5.41, 5.74) is -2.43. The molecule has 4 fully saturated rings. The predicted octanol–water partition coefficient (Wildman–Crippen LogP) is 5.64. The maximum absolute atomic E-state index is 15.1. The minimum atomic E-state index is -1.61. The highest BCUT2D eigenvalue weighted by atomic mass is 16.6. The number of aliphatic hydroxyl groups is 2. The standard InChI is InChI=1S/C42H52O10/c1-22-18-32-41(46,21-49-32)36-24(3)42(47)20-31(23(2)33(39(42,5)6)35(50-25(4)43)37(44)40(22,36)7)52-38(45)34-29(26-12-10-9-11-13-26)19-30(51-34)27-14-16-28(48-8)17-15-27/h9-17,22,24,29-32,34-36,46-47H,18-21H2,1-8H3/t22-,24?,29-,30-,31?,32?,34?,35?,36?,40+,41-,42?/m0/s1. The summed E-state index contributed by atoms with van der Waals surface area (Å²) < 4.78 is 30.1. The first-order valence-corrected chi connectivity index (χ1v) is 18.5. The molecule has 2 saturated carbocycles. The van der Waals surface area contributed by atoms with Crippen LogP contribution in [0.2, 0.25) is 0 Å². The highest BCUT2D eigenvalue weighted by Crippen LogP contribution is 2.66. The molecule has 2 aromatic carbocycles. The van der Waals surface area contributed by atoms with E-state index in [2.05, 4.69) is 0 Å². The first-order chi connectivity index (χ1) is 24.5. The lowest BCUT2D eigenvalue weighted by Crippen LogP contribution is -2.77. The second kappa shape index (κ2) is 12.8. The zero-order valence-electron chi connectivity index (χ0n) is 31.4. The Morgan fingerprint density at radius 3 is 2.19 bits per heavy atom. The lowest BCUT2D eigenvalue weighted by atomic mass is 9.41. The Hall–Kier alpha value is -3.57. The predicted molar refractivity (Wildman–Crippen MR) is 190 cm³/mol. The van der Waals surface area contributed by atoms with E-state index in [0.717, 1.165) is 11.1 Å². The Labute approximate surface area is 305 Å². The van der Waals surface area contributed by atoms with Crippen LogP contribution < -0.4 is 4.74 Å². The fraction of sp³-hybridized carbons (Fsp3) is 0.595. The Bertz CT molecular complexity index is 1770. The number of benzene rings is 2. The number of ether oxygens (including phenoxy) is 5. The molecule has 2 aliphatic heterocycles. The zero-order chi connectivity index (χ0) is 37.5. The molecule has 10 nitrogen and oxygen atoms in total. The molecule has 0 amide bonds. The van der Waals surface area contributed by atoms with E-state index in [1.807, 2.05) is 89.2 Å². The molecule has 2 saturated heterocycles. The van der Waals surface area contributed by atoms with Gasteiger partial charge in [0.25, 0.3) is 0 Å². The van der Waals surface area contributed by atoms with E-state index in [0.29, 0.717) is 29.7 Å². The van der Waals surface area contributed by atoms with Crippen molar-refractivity contribution >= 4 is 17.7 Å². The summed E-state index contributed by atoms with van der Waals surface area (Å²) in [6.07, 6.45) is -3.16. The number of hydrogen-bond donors (Lipinski definition) is 2. The first-order valence-electron chi connectivity index (χ1n) is 18.5. The molecule has 12 atom stereocenters. The van der Waals surface area contributed by atoms with Gasteiger partial charge in [-0.15, -0.1) is 0 Å². The number of ketones is 1.